The second-order valence-corrected chi connectivity index (χ2v) is 7.58. The van der Waals surface area contributed by atoms with Crippen molar-refractivity contribution in [1.82, 2.24) is 9.80 Å². The van der Waals surface area contributed by atoms with Crippen molar-refractivity contribution in [1.29, 1.82) is 0 Å². The zero-order valence-electron chi connectivity index (χ0n) is 19.7. The van der Waals surface area contributed by atoms with Crippen molar-refractivity contribution in [3.8, 4) is 0 Å². The van der Waals surface area contributed by atoms with Gasteiger partial charge in [-0.25, -0.2) is 0 Å². The van der Waals surface area contributed by atoms with Crippen LogP contribution >= 0.6 is 0 Å². The Morgan fingerprint density at radius 2 is 0.656 bits per heavy atom. The van der Waals surface area contributed by atoms with Crippen LogP contribution < -0.4 is 0 Å². The normalized spacial score (nSPS) is 22.9. The third-order valence-electron chi connectivity index (χ3n) is 5.17. The van der Waals surface area contributed by atoms with Crippen LogP contribution in [0.2, 0.25) is 0 Å². The minimum atomic E-state index is 0.602. The first-order valence-electron chi connectivity index (χ1n) is 12.0. The molecule has 0 atom stereocenters. The zero-order chi connectivity index (χ0) is 22.4. The maximum Gasteiger partial charge on any atom is 0.0701 e. The highest BCUT2D eigenvalue weighted by molar-refractivity contribution is 4.59. The summed E-state index contributed by atoms with van der Waals surface area (Å²) in [6.45, 7) is 15.6. The van der Waals surface area contributed by atoms with Gasteiger partial charge in [0, 0.05) is 39.3 Å². The Morgan fingerprint density at radius 3 is 0.969 bits per heavy atom. The molecule has 10 heteroatoms. The van der Waals surface area contributed by atoms with E-state index in [1.807, 2.05) is 0 Å². The number of ether oxygens (including phenoxy) is 8. The highest BCUT2D eigenvalue weighted by atomic mass is 16.6. The summed E-state index contributed by atoms with van der Waals surface area (Å²) in [5.41, 5.74) is 0. The number of nitrogens with zero attached hydrogens (tertiary/aromatic N) is 2. The van der Waals surface area contributed by atoms with E-state index in [1.165, 1.54) is 0 Å². The molecule has 2 heterocycles. The van der Waals surface area contributed by atoms with E-state index in [0.717, 1.165) is 39.3 Å². The maximum absolute atomic E-state index is 5.76. The van der Waals surface area contributed by atoms with Crippen LogP contribution in [0.1, 0.15) is 0 Å². The molecule has 0 saturated carbocycles. The SMILES string of the molecule is C1COCCN(CCOCCOCCN2CCOCCOCCOCC2)CCOCCO1. The van der Waals surface area contributed by atoms with Crippen LogP contribution in [0.4, 0.5) is 0 Å². The predicted octanol–water partition coefficient (Wildman–Crippen LogP) is -0.250. The smallest absolute Gasteiger partial charge is 0.0701 e. The first-order valence-corrected chi connectivity index (χ1v) is 12.0. The van der Waals surface area contributed by atoms with Gasteiger partial charge in [0.2, 0.25) is 0 Å². The Labute approximate surface area is 193 Å². The largest absolute Gasteiger partial charge is 0.378 e. The molecule has 0 aromatic heterocycles. The quantitative estimate of drug-likeness (QED) is 0.426. The summed E-state index contributed by atoms with van der Waals surface area (Å²) in [7, 11) is 0. The molecule has 0 aliphatic carbocycles. The molecule has 10 nitrogen and oxygen atoms in total. The van der Waals surface area contributed by atoms with Crippen LogP contribution in [-0.2, 0) is 37.9 Å². The number of rotatable bonds is 9. The van der Waals surface area contributed by atoms with Gasteiger partial charge in [0.1, 0.15) is 0 Å². The fraction of sp³-hybridized carbons (Fsp3) is 1.00. The standard InChI is InChI=1S/C22H44N2O8/c1(23-3-9-27-15-19-31-20-16-28-10-4-23)7-25-13-14-26-8-2-24-5-11-29-17-21-32-22-18-30-12-6-24/h1-22H2. The topological polar surface area (TPSA) is 80.3 Å². The molecular weight excluding hydrogens is 420 g/mol. The molecule has 0 aromatic rings. The summed E-state index contributed by atoms with van der Waals surface area (Å²) < 4.78 is 44.7. The van der Waals surface area contributed by atoms with E-state index in [2.05, 4.69) is 9.80 Å². The van der Waals surface area contributed by atoms with Gasteiger partial charge in [0.05, 0.1) is 106 Å². The van der Waals surface area contributed by atoms with Crippen LogP contribution in [0.5, 0.6) is 0 Å². The van der Waals surface area contributed by atoms with Gasteiger partial charge >= 0.3 is 0 Å². The molecule has 2 fully saturated rings. The first-order chi connectivity index (χ1) is 15.9. The Kier molecular flexibility index (Phi) is 18.4. The van der Waals surface area contributed by atoms with Crippen molar-refractivity contribution in [2.45, 2.75) is 0 Å². The zero-order valence-corrected chi connectivity index (χ0v) is 19.7. The fourth-order valence-corrected chi connectivity index (χ4v) is 3.24. The van der Waals surface area contributed by atoms with Crippen molar-refractivity contribution in [2.24, 2.45) is 0 Å². The molecule has 0 bridgehead atoms. The summed E-state index contributed by atoms with van der Waals surface area (Å²) in [6, 6.07) is 0. The third-order valence-corrected chi connectivity index (χ3v) is 5.17. The molecule has 2 aliphatic heterocycles. The van der Waals surface area contributed by atoms with E-state index in [4.69, 9.17) is 37.9 Å². The minimum Gasteiger partial charge on any atom is -0.378 e. The Balaban J connectivity index is 1.46. The van der Waals surface area contributed by atoms with Gasteiger partial charge in [0.25, 0.3) is 0 Å². The maximum atomic E-state index is 5.76. The molecule has 2 aliphatic rings. The van der Waals surface area contributed by atoms with Crippen LogP contribution in [0, 0.1) is 0 Å². The molecule has 32 heavy (non-hydrogen) atoms. The van der Waals surface area contributed by atoms with E-state index >= 15 is 0 Å². The molecule has 0 amide bonds. The molecule has 2 saturated heterocycles. The second kappa shape index (κ2) is 21.2. The molecule has 0 N–H and O–H groups in total. The summed E-state index contributed by atoms with van der Waals surface area (Å²) in [4.78, 5) is 4.63. The molecule has 0 spiro atoms. The predicted molar refractivity (Wildman–Crippen MR) is 119 cm³/mol. The van der Waals surface area contributed by atoms with Crippen molar-refractivity contribution < 1.29 is 37.9 Å². The Bertz CT molecular complexity index is 348. The third kappa shape index (κ3) is 16.2. The lowest BCUT2D eigenvalue weighted by Gasteiger charge is -2.23. The summed E-state index contributed by atoms with van der Waals surface area (Å²) in [5, 5.41) is 0. The molecular formula is C22H44N2O8. The van der Waals surface area contributed by atoms with Crippen molar-refractivity contribution >= 4 is 0 Å². The average molecular weight is 465 g/mol. The van der Waals surface area contributed by atoms with Crippen molar-refractivity contribution in [3.63, 3.8) is 0 Å². The lowest BCUT2D eigenvalue weighted by molar-refractivity contribution is -0.0159. The van der Waals surface area contributed by atoms with Crippen LogP contribution in [0.3, 0.4) is 0 Å². The second-order valence-electron chi connectivity index (χ2n) is 7.58. The summed E-state index contributed by atoms with van der Waals surface area (Å²) in [5.74, 6) is 0. The van der Waals surface area contributed by atoms with Crippen molar-refractivity contribution in [2.75, 3.05) is 145 Å². The highest BCUT2D eigenvalue weighted by Gasteiger charge is 2.08. The van der Waals surface area contributed by atoms with Crippen LogP contribution in [-0.4, -0.2) is 155 Å². The van der Waals surface area contributed by atoms with E-state index in [-0.39, 0.29) is 0 Å². The number of hydrogen-bond donors (Lipinski definition) is 0. The van der Waals surface area contributed by atoms with Gasteiger partial charge in [0.15, 0.2) is 0 Å². The van der Waals surface area contributed by atoms with Gasteiger partial charge in [-0.05, 0) is 0 Å². The van der Waals surface area contributed by atoms with E-state index in [0.29, 0.717) is 106 Å². The van der Waals surface area contributed by atoms with Gasteiger partial charge in [-0.15, -0.1) is 0 Å². The summed E-state index contributed by atoms with van der Waals surface area (Å²) in [6.07, 6.45) is 0. The lowest BCUT2D eigenvalue weighted by atomic mass is 10.4. The first kappa shape index (κ1) is 27.8. The van der Waals surface area contributed by atoms with Crippen molar-refractivity contribution in [3.05, 3.63) is 0 Å². The van der Waals surface area contributed by atoms with Crippen LogP contribution in [0.15, 0.2) is 0 Å². The molecule has 0 unspecified atom stereocenters. The van der Waals surface area contributed by atoms with Gasteiger partial charge in [-0.3, -0.25) is 9.80 Å². The number of hydrogen-bond acceptors (Lipinski definition) is 10. The Morgan fingerprint density at radius 1 is 0.375 bits per heavy atom. The molecule has 2 rings (SSSR count). The van der Waals surface area contributed by atoms with Gasteiger partial charge in [-0.1, -0.05) is 0 Å². The fourth-order valence-electron chi connectivity index (χ4n) is 3.24. The van der Waals surface area contributed by atoms with Gasteiger partial charge in [-0.2, -0.15) is 0 Å². The molecule has 0 radical (unpaired) electrons. The van der Waals surface area contributed by atoms with E-state index in [9.17, 15) is 0 Å². The summed E-state index contributed by atoms with van der Waals surface area (Å²) >= 11 is 0. The van der Waals surface area contributed by atoms with Crippen LogP contribution in [0.25, 0.3) is 0 Å². The molecule has 190 valence electrons. The Hall–Kier alpha value is -0.400. The van der Waals surface area contributed by atoms with E-state index < -0.39 is 0 Å². The monoisotopic (exact) mass is 464 g/mol. The molecule has 0 aromatic carbocycles. The van der Waals surface area contributed by atoms with E-state index in [1.54, 1.807) is 0 Å². The average Bonchev–Trinajstić information content (AvgIpc) is 2.78. The highest BCUT2D eigenvalue weighted by Crippen LogP contribution is 1.95. The van der Waals surface area contributed by atoms with Gasteiger partial charge < -0.3 is 37.9 Å². The minimum absolute atomic E-state index is 0.602. The lowest BCUT2D eigenvalue weighted by Crippen LogP contribution is -2.35.